The van der Waals surface area contributed by atoms with E-state index in [0.29, 0.717) is 17.1 Å². The fourth-order valence-corrected chi connectivity index (χ4v) is 2.71. The Hall–Kier alpha value is -2.55. The molecule has 0 aliphatic carbocycles. The molecule has 1 aliphatic heterocycles. The minimum atomic E-state index is -0.552. The van der Waals surface area contributed by atoms with E-state index in [0.717, 1.165) is 16.7 Å². The second kappa shape index (κ2) is 5.68. The standard InChI is InChI=1S/C19H18O3/c1-12-9-10-16-15(11-12)19(21-3)17(18(20)13(2)22-16)14-7-5-4-6-8-14/h4-11,13H,1-3H3. The van der Waals surface area contributed by atoms with Gasteiger partial charge in [-0.2, -0.15) is 0 Å². The van der Waals surface area contributed by atoms with Crippen molar-refractivity contribution in [1.29, 1.82) is 0 Å². The van der Waals surface area contributed by atoms with Crippen LogP contribution in [-0.4, -0.2) is 19.0 Å². The lowest BCUT2D eigenvalue weighted by molar-refractivity contribution is -0.119. The van der Waals surface area contributed by atoms with Crippen LogP contribution in [0.3, 0.4) is 0 Å². The molecule has 3 heteroatoms. The first-order valence-corrected chi connectivity index (χ1v) is 7.27. The number of benzene rings is 2. The maximum absolute atomic E-state index is 12.8. The van der Waals surface area contributed by atoms with E-state index in [-0.39, 0.29) is 5.78 Å². The molecule has 0 fully saturated rings. The Balaban J connectivity index is 2.32. The van der Waals surface area contributed by atoms with Crippen LogP contribution in [0.15, 0.2) is 48.5 Å². The van der Waals surface area contributed by atoms with Gasteiger partial charge in [-0.05, 0) is 31.5 Å². The quantitative estimate of drug-likeness (QED) is 0.843. The molecule has 0 radical (unpaired) electrons. The monoisotopic (exact) mass is 294 g/mol. The molecular weight excluding hydrogens is 276 g/mol. The fraction of sp³-hybridized carbons (Fsp3) is 0.211. The van der Waals surface area contributed by atoms with E-state index in [9.17, 15) is 4.79 Å². The van der Waals surface area contributed by atoms with E-state index < -0.39 is 6.10 Å². The van der Waals surface area contributed by atoms with Gasteiger partial charge in [0.1, 0.15) is 11.5 Å². The highest BCUT2D eigenvalue weighted by Crippen LogP contribution is 2.38. The summed E-state index contributed by atoms with van der Waals surface area (Å²) in [5, 5.41) is 0. The molecule has 0 saturated carbocycles. The molecule has 2 aromatic rings. The molecule has 0 N–H and O–H groups in total. The highest BCUT2D eigenvalue weighted by molar-refractivity contribution is 6.29. The van der Waals surface area contributed by atoms with Crippen molar-refractivity contribution in [1.82, 2.24) is 0 Å². The van der Waals surface area contributed by atoms with Gasteiger partial charge in [-0.15, -0.1) is 0 Å². The number of hydrogen-bond donors (Lipinski definition) is 0. The SMILES string of the molecule is COC1=C(c2ccccc2)C(=O)C(C)Oc2ccc(C)cc21. The topological polar surface area (TPSA) is 35.5 Å². The second-order valence-electron chi connectivity index (χ2n) is 5.40. The van der Waals surface area contributed by atoms with Gasteiger partial charge in [0.15, 0.2) is 6.10 Å². The number of aryl methyl sites for hydroxylation is 1. The summed E-state index contributed by atoms with van der Waals surface area (Å²) in [6, 6.07) is 15.4. The molecule has 1 unspecified atom stereocenters. The molecule has 1 aliphatic rings. The van der Waals surface area contributed by atoms with Crippen molar-refractivity contribution >= 4 is 17.1 Å². The van der Waals surface area contributed by atoms with Crippen molar-refractivity contribution in [3.8, 4) is 5.75 Å². The first kappa shape index (κ1) is 14.4. The number of carbonyl (C=O) groups excluding carboxylic acids is 1. The Bertz CT molecular complexity index is 745. The van der Waals surface area contributed by atoms with Gasteiger partial charge in [0.05, 0.1) is 18.2 Å². The van der Waals surface area contributed by atoms with Crippen molar-refractivity contribution in [2.24, 2.45) is 0 Å². The van der Waals surface area contributed by atoms with E-state index in [4.69, 9.17) is 9.47 Å². The Kier molecular flexibility index (Phi) is 3.72. The number of fused-ring (bicyclic) bond motifs is 1. The molecule has 2 aromatic carbocycles. The van der Waals surface area contributed by atoms with Gasteiger partial charge in [-0.3, -0.25) is 4.79 Å². The third-order valence-corrected chi connectivity index (χ3v) is 3.79. The van der Waals surface area contributed by atoms with E-state index >= 15 is 0 Å². The van der Waals surface area contributed by atoms with Crippen LogP contribution in [0.4, 0.5) is 0 Å². The highest BCUT2D eigenvalue weighted by atomic mass is 16.5. The van der Waals surface area contributed by atoms with Crippen molar-refractivity contribution in [2.45, 2.75) is 20.0 Å². The molecule has 112 valence electrons. The molecule has 0 spiro atoms. The van der Waals surface area contributed by atoms with Gasteiger partial charge >= 0.3 is 0 Å². The van der Waals surface area contributed by atoms with Gasteiger partial charge in [0, 0.05) is 0 Å². The molecule has 1 heterocycles. The van der Waals surface area contributed by atoms with Gasteiger partial charge in [0.2, 0.25) is 5.78 Å². The Morgan fingerprint density at radius 3 is 2.50 bits per heavy atom. The van der Waals surface area contributed by atoms with Crippen LogP contribution in [0.1, 0.15) is 23.6 Å². The lowest BCUT2D eigenvalue weighted by atomic mass is 9.95. The Morgan fingerprint density at radius 1 is 1.09 bits per heavy atom. The summed E-state index contributed by atoms with van der Waals surface area (Å²) in [5.74, 6) is 1.17. The number of hydrogen-bond acceptors (Lipinski definition) is 3. The Morgan fingerprint density at radius 2 is 1.82 bits per heavy atom. The molecule has 22 heavy (non-hydrogen) atoms. The van der Waals surface area contributed by atoms with Crippen molar-refractivity contribution in [3.63, 3.8) is 0 Å². The third-order valence-electron chi connectivity index (χ3n) is 3.79. The molecule has 0 aromatic heterocycles. The summed E-state index contributed by atoms with van der Waals surface area (Å²) in [5.41, 5.74) is 3.32. The second-order valence-corrected chi connectivity index (χ2v) is 5.40. The molecule has 3 rings (SSSR count). The Labute approximate surface area is 130 Å². The van der Waals surface area contributed by atoms with Crippen LogP contribution in [0.25, 0.3) is 11.3 Å². The molecule has 0 amide bonds. The number of rotatable bonds is 2. The fourth-order valence-electron chi connectivity index (χ4n) is 2.71. The van der Waals surface area contributed by atoms with Crippen molar-refractivity contribution in [3.05, 3.63) is 65.2 Å². The van der Waals surface area contributed by atoms with Crippen LogP contribution in [0, 0.1) is 6.92 Å². The zero-order valence-corrected chi connectivity index (χ0v) is 12.9. The number of ketones is 1. The lowest BCUT2D eigenvalue weighted by Crippen LogP contribution is -2.23. The van der Waals surface area contributed by atoms with E-state index in [1.165, 1.54) is 0 Å². The van der Waals surface area contributed by atoms with Gasteiger partial charge < -0.3 is 9.47 Å². The van der Waals surface area contributed by atoms with E-state index in [1.807, 2.05) is 55.5 Å². The molecular formula is C19H18O3. The minimum absolute atomic E-state index is 0.0723. The summed E-state index contributed by atoms with van der Waals surface area (Å²) < 4.78 is 11.5. The van der Waals surface area contributed by atoms with Gasteiger partial charge in [0.25, 0.3) is 0 Å². The van der Waals surface area contributed by atoms with Crippen molar-refractivity contribution < 1.29 is 14.3 Å². The lowest BCUT2D eigenvalue weighted by Gasteiger charge is -2.12. The van der Waals surface area contributed by atoms with Crippen LogP contribution in [0.2, 0.25) is 0 Å². The summed E-state index contributed by atoms with van der Waals surface area (Å²) in [6.07, 6.45) is -0.552. The molecule has 3 nitrogen and oxygen atoms in total. The average Bonchev–Trinajstić information content (AvgIpc) is 2.63. The number of methoxy groups -OCH3 is 1. The van der Waals surface area contributed by atoms with E-state index in [1.54, 1.807) is 14.0 Å². The molecule has 0 bridgehead atoms. The summed E-state index contributed by atoms with van der Waals surface area (Å²) in [7, 11) is 1.59. The predicted octanol–water partition coefficient (Wildman–Crippen LogP) is 3.86. The molecule has 0 saturated heterocycles. The summed E-state index contributed by atoms with van der Waals surface area (Å²) in [4.78, 5) is 12.8. The number of carbonyl (C=O) groups is 1. The van der Waals surface area contributed by atoms with Gasteiger partial charge in [-0.1, -0.05) is 42.0 Å². The smallest absolute Gasteiger partial charge is 0.207 e. The zero-order valence-electron chi connectivity index (χ0n) is 12.9. The van der Waals surface area contributed by atoms with Crippen LogP contribution < -0.4 is 4.74 Å². The average molecular weight is 294 g/mol. The summed E-state index contributed by atoms with van der Waals surface area (Å²) >= 11 is 0. The summed E-state index contributed by atoms with van der Waals surface area (Å²) in [6.45, 7) is 3.78. The molecule has 1 atom stereocenters. The normalized spacial score (nSPS) is 17.6. The van der Waals surface area contributed by atoms with Crippen LogP contribution in [-0.2, 0) is 9.53 Å². The zero-order chi connectivity index (χ0) is 15.7. The number of Topliss-reactive ketones (excluding diaryl/α,β-unsaturated/α-hetero) is 1. The first-order valence-electron chi connectivity index (χ1n) is 7.27. The highest BCUT2D eigenvalue weighted by Gasteiger charge is 2.31. The maximum atomic E-state index is 12.8. The van der Waals surface area contributed by atoms with Gasteiger partial charge in [-0.25, -0.2) is 0 Å². The van der Waals surface area contributed by atoms with E-state index in [2.05, 4.69) is 0 Å². The predicted molar refractivity (Wildman–Crippen MR) is 86.5 cm³/mol. The number of ether oxygens (including phenoxy) is 2. The largest absolute Gasteiger partial charge is 0.495 e. The minimum Gasteiger partial charge on any atom is -0.495 e. The maximum Gasteiger partial charge on any atom is 0.207 e. The van der Waals surface area contributed by atoms with Crippen molar-refractivity contribution in [2.75, 3.05) is 7.11 Å². The first-order chi connectivity index (χ1) is 10.6. The third kappa shape index (κ3) is 2.39. The van der Waals surface area contributed by atoms with Crippen LogP contribution in [0.5, 0.6) is 5.75 Å². The van der Waals surface area contributed by atoms with Crippen LogP contribution >= 0.6 is 0 Å².